The van der Waals surface area contributed by atoms with Crippen LogP contribution < -0.4 is 5.32 Å². The van der Waals surface area contributed by atoms with Crippen molar-refractivity contribution in [3.8, 4) is 0 Å². The lowest BCUT2D eigenvalue weighted by atomic mass is 9.99. The SMILES string of the molecule is CC1(C)OC(=O)N[C@H]1c1cccs1. The van der Waals surface area contributed by atoms with E-state index < -0.39 is 5.60 Å². The van der Waals surface area contributed by atoms with Crippen molar-refractivity contribution < 1.29 is 9.53 Å². The molecule has 4 heteroatoms. The van der Waals surface area contributed by atoms with Gasteiger partial charge in [-0.3, -0.25) is 0 Å². The van der Waals surface area contributed by atoms with Gasteiger partial charge in [-0.1, -0.05) is 6.07 Å². The zero-order chi connectivity index (χ0) is 9.47. The van der Waals surface area contributed by atoms with E-state index in [1.165, 1.54) is 0 Å². The van der Waals surface area contributed by atoms with Crippen molar-refractivity contribution in [3.63, 3.8) is 0 Å². The number of thiophene rings is 1. The normalized spacial score (nSPS) is 25.4. The van der Waals surface area contributed by atoms with Gasteiger partial charge in [0.2, 0.25) is 0 Å². The topological polar surface area (TPSA) is 38.3 Å². The highest BCUT2D eigenvalue weighted by molar-refractivity contribution is 7.10. The molecule has 2 rings (SSSR count). The lowest BCUT2D eigenvalue weighted by Crippen LogP contribution is -2.29. The van der Waals surface area contributed by atoms with Crippen molar-refractivity contribution in [2.45, 2.75) is 25.5 Å². The number of cyclic esters (lactones) is 1. The molecule has 0 spiro atoms. The molecule has 1 amide bonds. The largest absolute Gasteiger partial charge is 0.441 e. The standard InChI is InChI=1S/C9H11NO2S/c1-9(2)7(10-8(11)12-9)6-4-3-5-13-6/h3-5,7H,1-2H3,(H,10,11)/t7-/m0/s1. The summed E-state index contributed by atoms with van der Waals surface area (Å²) in [6.45, 7) is 3.82. The number of alkyl carbamates (subject to hydrolysis) is 1. The van der Waals surface area contributed by atoms with E-state index in [4.69, 9.17) is 4.74 Å². The van der Waals surface area contributed by atoms with Crippen LogP contribution in [0.1, 0.15) is 24.8 Å². The van der Waals surface area contributed by atoms with Crippen LogP contribution in [-0.2, 0) is 4.74 Å². The third-order valence-corrected chi connectivity index (χ3v) is 3.08. The van der Waals surface area contributed by atoms with Crippen LogP contribution in [0.25, 0.3) is 0 Å². The Morgan fingerprint density at radius 2 is 2.38 bits per heavy atom. The van der Waals surface area contributed by atoms with E-state index in [2.05, 4.69) is 5.32 Å². The summed E-state index contributed by atoms with van der Waals surface area (Å²) in [6.07, 6.45) is -0.330. The van der Waals surface area contributed by atoms with Crippen LogP contribution in [0.3, 0.4) is 0 Å². The molecule has 13 heavy (non-hydrogen) atoms. The average Bonchev–Trinajstić information content (AvgIpc) is 2.56. The number of amides is 1. The molecule has 0 unspecified atom stereocenters. The first-order valence-corrected chi connectivity index (χ1v) is 5.00. The number of rotatable bonds is 1. The van der Waals surface area contributed by atoms with Crippen molar-refractivity contribution in [3.05, 3.63) is 22.4 Å². The molecule has 1 N–H and O–H groups in total. The third-order valence-electron chi connectivity index (χ3n) is 2.14. The summed E-state index contributed by atoms with van der Waals surface area (Å²) >= 11 is 1.63. The Labute approximate surface area is 80.7 Å². The van der Waals surface area contributed by atoms with Gasteiger partial charge < -0.3 is 10.1 Å². The van der Waals surface area contributed by atoms with Crippen LogP contribution >= 0.6 is 11.3 Å². The smallest absolute Gasteiger partial charge is 0.408 e. The molecular formula is C9H11NO2S. The second kappa shape index (κ2) is 2.73. The molecule has 70 valence electrons. The molecule has 3 nitrogen and oxygen atoms in total. The van der Waals surface area contributed by atoms with Crippen LogP contribution in [-0.4, -0.2) is 11.7 Å². The molecule has 0 aromatic carbocycles. The summed E-state index contributed by atoms with van der Waals surface area (Å²) in [6, 6.07) is 3.96. The van der Waals surface area contributed by atoms with Gasteiger partial charge in [0.25, 0.3) is 0 Å². The molecule has 1 atom stereocenters. The van der Waals surface area contributed by atoms with Crippen molar-refractivity contribution in [2.75, 3.05) is 0 Å². The Morgan fingerprint density at radius 3 is 2.85 bits per heavy atom. The predicted octanol–water partition coefficient (Wildman–Crippen LogP) is 2.31. The van der Waals surface area contributed by atoms with Gasteiger partial charge in [0.1, 0.15) is 11.6 Å². The van der Waals surface area contributed by atoms with Crippen LogP contribution in [0, 0.1) is 0 Å². The van der Waals surface area contributed by atoms with Gasteiger partial charge in [-0.15, -0.1) is 11.3 Å². The number of hydrogen-bond donors (Lipinski definition) is 1. The maximum atomic E-state index is 11.0. The number of nitrogens with one attached hydrogen (secondary N) is 1. The second-order valence-corrected chi connectivity index (χ2v) is 4.57. The maximum Gasteiger partial charge on any atom is 0.408 e. The minimum atomic E-state index is -0.443. The zero-order valence-electron chi connectivity index (χ0n) is 7.53. The number of hydrogen-bond acceptors (Lipinski definition) is 3. The molecule has 1 fully saturated rings. The minimum absolute atomic E-state index is 0.0139. The molecule has 1 aliphatic heterocycles. The predicted molar refractivity (Wildman–Crippen MR) is 50.8 cm³/mol. The van der Waals surface area contributed by atoms with Gasteiger partial charge in [-0.2, -0.15) is 0 Å². The highest BCUT2D eigenvalue weighted by Gasteiger charge is 2.42. The molecule has 1 saturated heterocycles. The Bertz CT molecular complexity index is 318. The summed E-state index contributed by atoms with van der Waals surface area (Å²) in [7, 11) is 0. The van der Waals surface area contributed by atoms with Gasteiger partial charge in [0.05, 0.1) is 0 Å². The average molecular weight is 197 g/mol. The third kappa shape index (κ3) is 1.42. The monoisotopic (exact) mass is 197 g/mol. The van der Waals surface area contributed by atoms with E-state index >= 15 is 0 Å². The second-order valence-electron chi connectivity index (χ2n) is 3.59. The van der Waals surface area contributed by atoms with Crippen LogP contribution in [0.4, 0.5) is 4.79 Å². The lowest BCUT2D eigenvalue weighted by Gasteiger charge is -2.22. The molecule has 0 radical (unpaired) electrons. The molecular weight excluding hydrogens is 186 g/mol. The van der Waals surface area contributed by atoms with E-state index in [1.54, 1.807) is 11.3 Å². The van der Waals surface area contributed by atoms with Gasteiger partial charge in [-0.05, 0) is 25.3 Å². The van der Waals surface area contributed by atoms with E-state index in [0.29, 0.717) is 0 Å². The lowest BCUT2D eigenvalue weighted by molar-refractivity contribution is 0.0690. The van der Waals surface area contributed by atoms with E-state index in [0.717, 1.165) is 4.88 Å². The van der Waals surface area contributed by atoms with Crippen LogP contribution in [0.15, 0.2) is 17.5 Å². The van der Waals surface area contributed by atoms with E-state index in [-0.39, 0.29) is 12.1 Å². The highest BCUT2D eigenvalue weighted by atomic mass is 32.1. The quantitative estimate of drug-likeness (QED) is 0.750. The molecule has 0 aliphatic carbocycles. The number of carbonyl (C=O) groups is 1. The molecule has 1 aromatic rings. The van der Waals surface area contributed by atoms with Gasteiger partial charge in [0.15, 0.2) is 0 Å². The fourth-order valence-corrected chi connectivity index (χ4v) is 2.44. The molecule has 1 aromatic heterocycles. The van der Waals surface area contributed by atoms with Crippen molar-refractivity contribution in [1.82, 2.24) is 5.32 Å². The highest BCUT2D eigenvalue weighted by Crippen LogP contribution is 2.35. The van der Waals surface area contributed by atoms with Crippen molar-refractivity contribution >= 4 is 17.4 Å². The van der Waals surface area contributed by atoms with E-state index in [9.17, 15) is 4.79 Å². The van der Waals surface area contributed by atoms with Gasteiger partial charge in [-0.25, -0.2) is 4.79 Å². The number of ether oxygens (including phenoxy) is 1. The van der Waals surface area contributed by atoms with Crippen LogP contribution in [0.5, 0.6) is 0 Å². The maximum absolute atomic E-state index is 11.0. The first-order chi connectivity index (χ1) is 6.09. The Kier molecular flexibility index (Phi) is 1.80. The Morgan fingerprint density at radius 1 is 1.62 bits per heavy atom. The summed E-state index contributed by atoms with van der Waals surface area (Å²) in [5.74, 6) is 0. The molecule has 0 bridgehead atoms. The fourth-order valence-electron chi connectivity index (χ4n) is 1.49. The Hall–Kier alpha value is -1.03. The summed E-state index contributed by atoms with van der Waals surface area (Å²) in [5, 5.41) is 4.79. The zero-order valence-corrected chi connectivity index (χ0v) is 8.35. The first-order valence-electron chi connectivity index (χ1n) is 4.12. The first kappa shape index (κ1) is 8.56. The molecule has 0 saturated carbocycles. The summed E-state index contributed by atoms with van der Waals surface area (Å²) < 4.78 is 5.14. The van der Waals surface area contributed by atoms with Crippen molar-refractivity contribution in [1.29, 1.82) is 0 Å². The van der Waals surface area contributed by atoms with Gasteiger partial charge >= 0.3 is 6.09 Å². The van der Waals surface area contributed by atoms with Crippen LogP contribution in [0.2, 0.25) is 0 Å². The Balaban J connectivity index is 2.30. The summed E-state index contributed by atoms with van der Waals surface area (Å²) in [4.78, 5) is 12.2. The summed E-state index contributed by atoms with van der Waals surface area (Å²) in [5.41, 5.74) is -0.443. The van der Waals surface area contributed by atoms with E-state index in [1.807, 2.05) is 31.4 Å². The van der Waals surface area contributed by atoms with Gasteiger partial charge in [0, 0.05) is 4.88 Å². The van der Waals surface area contributed by atoms with Crippen molar-refractivity contribution in [2.24, 2.45) is 0 Å². The molecule has 1 aliphatic rings. The molecule has 2 heterocycles. The fraction of sp³-hybridized carbons (Fsp3) is 0.444. The minimum Gasteiger partial charge on any atom is -0.441 e. The number of carbonyl (C=O) groups excluding carboxylic acids is 1.